The molecule has 19 heavy (non-hydrogen) atoms. The van der Waals surface area contributed by atoms with E-state index >= 15 is 0 Å². The standard InChI is InChI=1S/C12H20N2O5/c1-8-2-3-9(4-8)5-13-12(18)14-10(15)6-19-7-11(16)17/h8-9H,2-7H2,1H3,(H,16,17)(H2,13,14,15,18). The van der Waals surface area contributed by atoms with Crippen LogP contribution in [0.2, 0.25) is 0 Å². The number of carbonyl (C=O) groups is 3. The van der Waals surface area contributed by atoms with Gasteiger partial charge in [0.25, 0.3) is 5.91 Å². The Kier molecular flexibility index (Phi) is 6.27. The van der Waals surface area contributed by atoms with Crippen molar-refractivity contribution in [1.29, 1.82) is 0 Å². The molecule has 0 aliphatic heterocycles. The van der Waals surface area contributed by atoms with Crippen LogP contribution in [0.15, 0.2) is 0 Å². The fraction of sp³-hybridized carbons (Fsp3) is 0.750. The van der Waals surface area contributed by atoms with Crippen molar-refractivity contribution in [3.8, 4) is 0 Å². The van der Waals surface area contributed by atoms with E-state index in [2.05, 4.69) is 22.3 Å². The minimum atomic E-state index is -1.16. The lowest BCUT2D eigenvalue weighted by atomic mass is 10.1. The number of nitrogens with one attached hydrogen (secondary N) is 2. The van der Waals surface area contributed by atoms with Crippen LogP contribution in [0.3, 0.4) is 0 Å². The normalized spacial score (nSPS) is 21.9. The number of hydrogen-bond donors (Lipinski definition) is 3. The summed E-state index contributed by atoms with van der Waals surface area (Å²) in [4.78, 5) is 32.7. The number of aliphatic carboxylic acids is 1. The Bertz CT molecular complexity index is 345. The number of amides is 3. The number of ether oxygens (including phenoxy) is 1. The molecule has 1 saturated carbocycles. The molecule has 0 aromatic heterocycles. The molecule has 0 bridgehead atoms. The minimum Gasteiger partial charge on any atom is -0.480 e. The molecule has 1 aliphatic rings. The van der Waals surface area contributed by atoms with E-state index in [-0.39, 0.29) is 0 Å². The van der Waals surface area contributed by atoms with E-state index in [1.54, 1.807) is 0 Å². The van der Waals surface area contributed by atoms with Crippen LogP contribution in [0.25, 0.3) is 0 Å². The first kappa shape index (κ1) is 15.4. The van der Waals surface area contributed by atoms with Gasteiger partial charge in [-0.15, -0.1) is 0 Å². The van der Waals surface area contributed by atoms with Gasteiger partial charge in [-0.2, -0.15) is 0 Å². The van der Waals surface area contributed by atoms with E-state index < -0.39 is 31.1 Å². The summed E-state index contributed by atoms with van der Waals surface area (Å²) < 4.78 is 4.56. The van der Waals surface area contributed by atoms with Crippen LogP contribution in [0.1, 0.15) is 26.2 Å². The van der Waals surface area contributed by atoms with E-state index in [0.29, 0.717) is 18.4 Å². The van der Waals surface area contributed by atoms with Gasteiger partial charge in [0, 0.05) is 6.54 Å². The summed E-state index contributed by atoms with van der Waals surface area (Å²) in [5.74, 6) is -0.647. The van der Waals surface area contributed by atoms with Crippen LogP contribution in [0, 0.1) is 11.8 Å². The number of carboxylic acid groups (broad SMARTS) is 1. The molecule has 0 heterocycles. The number of hydrogen-bond acceptors (Lipinski definition) is 4. The van der Waals surface area contributed by atoms with E-state index in [0.717, 1.165) is 12.8 Å². The zero-order valence-electron chi connectivity index (χ0n) is 11.0. The molecule has 3 amide bonds. The third-order valence-electron chi connectivity index (χ3n) is 3.07. The summed E-state index contributed by atoms with van der Waals surface area (Å²) in [7, 11) is 0. The lowest BCUT2D eigenvalue weighted by Gasteiger charge is -2.11. The van der Waals surface area contributed by atoms with Gasteiger partial charge in [-0.25, -0.2) is 9.59 Å². The predicted molar refractivity (Wildman–Crippen MR) is 66.5 cm³/mol. The predicted octanol–water partition coefficient (Wildman–Crippen LogP) is 0.350. The van der Waals surface area contributed by atoms with Gasteiger partial charge in [0.2, 0.25) is 0 Å². The SMILES string of the molecule is CC1CCC(CNC(=O)NC(=O)COCC(=O)O)C1. The molecule has 1 fully saturated rings. The van der Waals surface area contributed by atoms with Crippen LogP contribution in [-0.2, 0) is 14.3 Å². The highest BCUT2D eigenvalue weighted by atomic mass is 16.5. The molecule has 0 spiro atoms. The van der Waals surface area contributed by atoms with Gasteiger partial charge in [-0.05, 0) is 24.7 Å². The highest BCUT2D eigenvalue weighted by molar-refractivity contribution is 5.94. The van der Waals surface area contributed by atoms with Gasteiger partial charge in [-0.1, -0.05) is 13.3 Å². The maximum Gasteiger partial charge on any atom is 0.329 e. The van der Waals surface area contributed by atoms with E-state index in [9.17, 15) is 14.4 Å². The monoisotopic (exact) mass is 272 g/mol. The van der Waals surface area contributed by atoms with E-state index in [1.165, 1.54) is 6.42 Å². The molecule has 1 aliphatic carbocycles. The molecule has 2 unspecified atom stereocenters. The second-order valence-corrected chi connectivity index (χ2v) is 4.93. The first-order valence-electron chi connectivity index (χ1n) is 6.34. The van der Waals surface area contributed by atoms with Gasteiger partial charge in [-0.3, -0.25) is 10.1 Å². The fourth-order valence-electron chi connectivity index (χ4n) is 2.19. The molecule has 0 aromatic carbocycles. The summed E-state index contributed by atoms with van der Waals surface area (Å²) in [5.41, 5.74) is 0. The zero-order chi connectivity index (χ0) is 14.3. The first-order chi connectivity index (χ1) is 8.97. The molecular weight excluding hydrogens is 252 g/mol. The van der Waals surface area contributed by atoms with Crippen LogP contribution >= 0.6 is 0 Å². The van der Waals surface area contributed by atoms with Crippen molar-refractivity contribution in [2.45, 2.75) is 26.2 Å². The van der Waals surface area contributed by atoms with Crippen molar-refractivity contribution in [3.63, 3.8) is 0 Å². The highest BCUT2D eigenvalue weighted by Crippen LogP contribution is 2.29. The third-order valence-corrected chi connectivity index (χ3v) is 3.07. The van der Waals surface area contributed by atoms with Gasteiger partial charge < -0.3 is 15.2 Å². The van der Waals surface area contributed by atoms with Crippen LogP contribution in [0.4, 0.5) is 4.79 Å². The summed E-state index contributed by atoms with van der Waals surface area (Å²) in [6, 6.07) is -0.566. The largest absolute Gasteiger partial charge is 0.480 e. The number of carboxylic acids is 1. The smallest absolute Gasteiger partial charge is 0.329 e. The summed E-state index contributed by atoms with van der Waals surface area (Å²) in [6.07, 6.45) is 3.36. The summed E-state index contributed by atoms with van der Waals surface area (Å²) in [6.45, 7) is 1.73. The Morgan fingerprint density at radius 2 is 2.00 bits per heavy atom. The van der Waals surface area contributed by atoms with E-state index in [4.69, 9.17) is 5.11 Å². The number of carbonyl (C=O) groups excluding carboxylic acids is 2. The van der Waals surface area contributed by atoms with Crippen molar-refractivity contribution in [1.82, 2.24) is 10.6 Å². The second-order valence-electron chi connectivity index (χ2n) is 4.93. The lowest BCUT2D eigenvalue weighted by Crippen LogP contribution is -2.42. The molecule has 2 atom stereocenters. The Hall–Kier alpha value is -1.63. The average molecular weight is 272 g/mol. The molecule has 0 saturated heterocycles. The molecule has 0 aromatic rings. The number of rotatable bonds is 6. The summed E-state index contributed by atoms with van der Waals surface area (Å²) in [5, 5.41) is 13.0. The maximum absolute atomic E-state index is 11.4. The van der Waals surface area contributed by atoms with Crippen LogP contribution in [-0.4, -0.2) is 42.8 Å². The Labute approximate surface area is 111 Å². The van der Waals surface area contributed by atoms with Crippen LogP contribution < -0.4 is 10.6 Å². The Balaban J connectivity index is 2.09. The van der Waals surface area contributed by atoms with Crippen molar-refractivity contribution in [2.24, 2.45) is 11.8 Å². The third kappa shape index (κ3) is 6.76. The number of imide groups is 1. The zero-order valence-corrected chi connectivity index (χ0v) is 11.0. The van der Waals surface area contributed by atoms with Gasteiger partial charge >= 0.3 is 12.0 Å². The first-order valence-corrected chi connectivity index (χ1v) is 6.34. The second kappa shape index (κ2) is 7.73. The van der Waals surface area contributed by atoms with Gasteiger partial charge in [0.15, 0.2) is 0 Å². The lowest BCUT2D eigenvalue weighted by molar-refractivity contribution is -0.143. The molecule has 7 heteroatoms. The fourth-order valence-corrected chi connectivity index (χ4v) is 2.19. The van der Waals surface area contributed by atoms with Crippen molar-refractivity contribution in [3.05, 3.63) is 0 Å². The van der Waals surface area contributed by atoms with Crippen molar-refractivity contribution < 1.29 is 24.2 Å². The maximum atomic E-state index is 11.4. The van der Waals surface area contributed by atoms with Gasteiger partial charge in [0.1, 0.15) is 13.2 Å². The van der Waals surface area contributed by atoms with Crippen LogP contribution in [0.5, 0.6) is 0 Å². The average Bonchev–Trinajstić information content (AvgIpc) is 2.72. The number of urea groups is 1. The molecule has 108 valence electrons. The Morgan fingerprint density at radius 3 is 2.58 bits per heavy atom. The topological polar surface area (TPSA) is 105 Å². The molecular formula is C12H20N2O5. The Morgan fingerprint density at radius 1 is 1.26 bits per heavy atom. The molecule has 3 N–H and O–H groups in total. The molecule has 7 nitrogen and oxygen atoms in total. The minimum absolute atomic E-state index is 0.444. The van der Waals surface area contributed by atoms with Crippen molar-refractivity contribution >= 4 is 17.9 Å². The van der Waals surface area contributed by atoms with Crippen molar-refractivity contribution in [2.75, 3.05) is 19.8 Å². The summed E-state index contributed by atoms with van der Waals surface area (Å²) >= 11 is 0. The van der Waals surface area contributed by atoms with E-state index in [1.807, 2.05) is 0 Å². The highest BCUT2D eigenvalue weighted by Gasteiger charge is 2.21. The van der Waals surface area contributed by atoms with Gasteiger partial charge in [0.05, 0.1) is 0 Å². The quantitative estimate of drug-likeness (QED) is 0.647. The molecule has 1 rings (SSSR count). The molecule has 0 radical (unpaired) electrons.